The molecule has 3 aromatic rings. The molecular formula is C18H21N5O. The lowest BCUT2D eigenvalue weighted by molar-refractivity contribution is 0.261. The molecule has 2 atom stereocenters. The smallest absolute Gasteiger partial charge is 0.255 e. The molecule has 1 fully saturated rings. The minimum atomic E-state index is -0.0416. The molecule has 0 spiro atoms. The Morgan fingerprint density at radius 2 is 2.29 bits per heavy atom. The Balaban J connectivity index is 1.46. The zero-order valence-electron chi connectivity index (χ0n) is 13.6. The van der Waals surface area contributed by atoms with E-state index in [0.29, 0.717) is 12.1 Å². The van der Waals surface area contributed by atoms with Gasteiger partial charge in [0.25, 0.3) is 5.56 Å². The van der Waals surface area contributed by atoms with Gasteiger partial charge in [0.1, 0.15) is 0 Å². The van der Waals surface area contributed by atoms with E-state index in [-0.39, 0.29) is 5.56 Å². The lowest BCUT2D eigenvalue weighted by Crippen LogP contribution is -2.28. The van der Waals surface area contributed by atoms with E-state index in [4.69, 9.17) is 0 Å². The number of hydrogen-bond donors (Lipinski definition) is 3. The van der Waals surface area contributed by atoms with Gasteiger partial charge in [-0.2, -0.15) is 5.10 Å². The Morgan fingerprint density at radius 1 is 1.38 bits per heavy atom. The van der Waals surface area contributed by atoms with Crippen molar-refractivity contribution in [1.82, 2.24) is 20.1 Å². The van der Waals surface area contributed by atoms with Crippen LogP contribution in [0.3, 0.4) is 0 Å². The number of fused-ring (bicyclic) bond motifs is 1. The quantitative estimate of drug-likeness (QED) is 0.689. The van der Waals surface area contributed by atoms with Crippen LogP contribution in [-0.4, -0.2) is 39.2 Å². The van der Waals surface area contributed by atoms with Crippen molar-refractivity contribution in [3.8, 4) is 0 Å². The van der Waals surface area contributed by atoms with Crippen molar-refractivity contribution >= 4 is 16.5 Å². The van der Waals surface area contributed by atoms with E-state index in [1.54, 1.807) is 6.20 Å². The Hall–Kier alpha value is -2.60. The Labute approximate surface area is 139 Å². The van der Waals surface area contributed by atoms with Crippen molar-refractivity contribution in [2.45, 2.75) is 25.4 Å². The Kier molecular flexibility index (Phi) is 3.82. The molecule has 0 aliphatic carbocycles. The molecule has 0 bridgehead atoms. The first-order valence-electron chi connectivity index (χ1n) is 8.31. The van der Waals surface area contributed by atoms with E-state index in [1.165, 1.54) is 5.56 Å². The number of nitrogens with one attached hydrogen (secondary N) is 3. The number of nitrogens with zero attached hydrogens (tertiary/aromatic N) is 2. The van der Waals surface area contributed by atoms with Gasteiger partial charge in [0.2, 0.25) is 0 Å². The largest absolute Gasteiger partial charge is 0.381 e. The summed E-state index contributed by atoms with van der Waals surface area (Å²) in [6.45, 7) is 4.28. The second-order valence-electron chi connectivity index (χ2n) is 6.44. The van der Waals surface area contributed by atoms with Gasteiger partial charge < -0.3 is 10.3 Å². The highest BCUT2D eigenvalue weighted by Gasteiger charge is 2.27. The summed E-state index contributed by atoms with van der Waals surface area (Å²) in [6, 6.07) is 8.64. The first-order valence-corrected chi connectivity index (χ1v) is 8.31. The fourth-order valence-electron chi connectivity index (χ4n) is 3.47. The number of benzene rings is 1. The monoisotopic (exact) mass is 323 g/mol. The number of H-pyrrole nitrogens is 2. The summed E-state index contributed by atoms with van der Waals surface area (Å²) in [5, 5.41) is 12.2. The van der Waals surface area contributed by atoms with E-state index in [1.807, 2.05) is 36.7 Å². The molecule has 1 aromatic carbocycles. The molecule has 4 rings (SSSR count). The van der Waals surface area contributed by atoms with Gasteiger partial charge in [-0.05, 0) is 43.0 Å². The molecule has 0 amide bonds. The van der Waals surface area contributed by atoms with E-state index >= 15 is 0 Å². The lowest BCUT2D eigenvalue weighted by atomic mass is 10.1. The van der Waals surface area contributed by atoms with Crippen LogP contribution >= 0.6 is 0 Å². The summed E-state index contributed by atoms with van der Waals surface area (Å²) in [5.41, 5.74) is 2.25. The molecule has 0 saturated carbocycles. The number of anilines is 1. The number of pyridine rings is 1. The molecule has 24 heavy (non-hydrogen) atoms. The molecule has 1 unspecified atom stereocenters. The maximum absolute atomic E-state index is 11.8. The second kappa shape index (κ2) is 6.13. The van der Waals surface area contributed by atoms with Crippen LogP contribution in [0.2, 0.25) is 0 Å². The maximum atomic E-state index is 11.8. The van der Waals surface area contributed by atoms with Crippen LogP contribution in [0.15, 0.2) is 47.7 Å². The third-order valence-electron chi connectivity index (χ3n) is 4.91. The fourth-order valence-corrected chi connectivity index (χ4v) is 3.47. The summed E-state index contributed by atoms with van der Waals surface area (Å²) < 4.78 is 0. The summed E-state index contributed by atoms with van der Waals surface area (Å²) in [7, 11) is 0. The highest BCUT2D eigenvalue weighted by atomic mass is 16.1. The highest BCUT2D eigenvalue weighted by Crippen LogP contribution is 2.26. The topological polar surface area (TPSA) is 76.8 Å². The van der Waals surface area contributed by atoms with Crippen molar-refractivity contribution in [2.24, 2.45) is 0 Å². The van der Waals surface area contributed by atoms with Crippen LogP contribution < -0.4 is 10.9 Å². The first kappa shape index (κ1) is 15.0. The van der Waals surface area contributed by atoms with Gasteiger partial charge in [0, 0.05) is 54.2 Å². The predicted octanol–water partition coefficient (Wildman–Crippen LogP) is 2.50. The molecule has 2 aromatic heterocycles. The number of aromatic nitrogens is 3. The minimum absolute atomic E-state index is 0.0416. The standard InChI is InChI=1S/C18H21N5O/c1-12(14-9-20-21-10-14)23-7-5-16(11-23)22-15-2-3-17-13(8-15)4-6-19-18(17)24/h2-4,6,8-10,12,16,22H,5,7,11H2,1H3,(H,19,24)(H,20,21)/t12-,16?/m0/s1. The van der Waals surface area contributed by atoms with Crippen LogP contribution in [0, 0.1) is 0 Å². The number of rotatable bonds is 4. The van der Waals surface area contributed by atoms with E-state index in [9.17, 15) is 4.79 Å². The van der Waals surface area contributed by atoms with E-state index in [0.717, 1.165) is 36.0 Å². The molecule has 1 saturated heterocycles. The number of hydrogen-bond acceptors (Lipinski definition) is 4. The lowest BCUT2D eigenvalue weighted by Gasteiger charge is -2.23. The number of likely N-dealkylation sites (tertiary alicyclic amines) is 1. The third-order valence-corrected chi connectivity index (χ3v) is 4.91. The molecular weight excluding hydrogens is 302 g/mol. The highest BCUT2D eigenvalue weighted by molar-refractivity contribution is 5.84. The van der Waals surface area contributed by atoms with Gasteiger partial charge >= 0.3 is 0 Å². The molecule has 6 nitrogen and oxygen atoms in total. The van der Waals surface area contributed by atoms with E-state index < -0.39 is 0 Å². The summed E-state index contributed by atoms with van der Waals surface area (Å²) in [6.07, 6.45) is 6.66. The summed E-state index contributed by atoms with van der Waals surface area (Å²) >= 11 is 0. The molecule has 124 valence electrons. The third kappa shape index (κ3) is 2.80. The zero-order chi connectivity index (χ0) is 16.5. The second-order valence-corrected chi connectivity index (χ2v) is 6.44. The summed E-state index contributed by atoms with van der Waals surface area (Å²) in [4.78, 5) is 16.9. The van der Waals surface area contributed by atoms with Gasteiger partial charge in [-0.15, -0.1) is 0 Å². The van der Waals surface area contributed by atoms with Crippen LogP contribution in [0.25, 0.3) is 10.8 Å². The SMILES string of the molecule is C[C@@H](c1cn[nH]c1)N1CCC(Nc2ccc3c(=O)[nH]ccc3c2)C1. The predicted molar refractivity (Wildman–Crippen MR) is 95.2 cm³/mol. The molecule has 3 N–H and O–H groups in total. The number of aromatic amines is 2. The van der Waals surface area contributed by atoms with Crippen molar-refractivity contribution in [3.63, 3.8) is 0 Å². The molecule has 3 heterocycles. The van der Waals surface area contributed by atoms with Crippen LogP contribution in [0.4, 0.5) is 5.69 Å². The van der Waals surface area contributed by atoms with Crippen LogP contribution in [-0.2, 0) is 0 Å². The van der Waals surface area contributed by atoms with Gasteiger partial charge in [0.05, 0.1) is 6.20 Å². The first-order chi connectivity index (χ1) is 11.7. The van der Waals surface area contributed by atoms with Gasteiger partial charge in [-0.3, -0.25) is 14.8 Å². The fraction of sp³-hybridized carbons (Fsp3) is 0.333. The van der Waals surface area contributed by atoms with Gasteiger partial charge in [-0.25, -0.2) is 0 Å². The minimum Gasteiger partial charge on any atom is -0.381 e. The molecule has 0 radical (unpaired) electrons. The summed E-state index contributed by atoms with van der Waals surface area (Å²) in [5.74, 6) is 0. The molecule has 1 aliphatic rings. The molecule has 6 heteroatoms. The van der Waals surface area contributed by atoms with Crippen LogP contribution in [0.5, 0.6) is 0 Å². The average molecular weight is 323 g/mol. The van der Waals surface area contributed by atoms with Gasteiger partial charge in [-0.1, -0.05) is 0 Å². The van der Waals surface area contributed by atoms with Crippen molar-refractivity contribution in [1.29, 1.82) is 0 Å². The Morgan fingerprint density at radius 3 is 3.12 bits per heavy atom. The van der Waals surface area contributed by atoms with Crippen LogP contribution in [0.1, 0.15) is 24.9 Å². The Bertz CT molecular complexity index is 886. The maximum Gasteiger partial charge on any atom is 0.255 e. The zero-order valence-corrected chi connectivity index (χ0v) is 13.6. The van der Waals surface area contributed by atoms with E-state index in [2.05, 4.69) is 32.3 Å². The van der Waals surface area contributed by atoms with Gasteiger partial charge in [0.15, 0.2) is 0 Å². The molecule has 1 aliphatic heterocycles. The van der Waals surface area contributed by atoms with Crippen molar-refractivity contribution in [2.75, 3.05) is 18.4 Å². The average Bonchev–Trinajstić information content (AvgIpc) is 3.26. The van der Waals surface area contributed by atoms with Crippen molar-refractivity contribution < 1.29 is 0 Å². The van der Waals surface area contributed by atoms with Crippen molar-refractivity contribution in [3.05, 3.63) is 58.8 Å². The normalized spacial score (nSPS) is 19.6.